The first-order chi connectivity index (χ1) is 7.07. The molecule has 1 aromatic carbocycles. The molecule has 0 N–H and O–H groups in total. The quantitative estimate of drug-likeness (QED) is 0.690. The lowest BCUT2D eigenvalue weighted by atomic mass is 10.1. The normalized spacial score (nSPS) is 11.7. The van der Waals surface area contributed by atoms with Gasteiger partial charge in [-0.1, -0.05) is 30.3 Å². The average Bonchev–Trinajstić information content (AvgIpc) is 2.67. The molecule has 2 heteroatoms. The van der Waals surface area contributed by atoms with Crippen molar-refractivity contribution in [1.29, 1.82) is 0 Å². The molecule has 2 aromatic rings. The molecular formula is C13H16N2. The predicted molar refractivity (Wildman–Crippen MR) is 62.7 cm³/mol. The first kappa shape index (κ1) is 9.97. The van der Waals surface area contributed by atoms with Crippen molar-refractivity contribution in [3.8, 4) is 11.3 Å². The standard InChI is InChI=1S/C13H16N2/c1-13(2,3)15-9-12(14-10-15)11-7-5-4-6-8-11/h4-10H,1-3H3. The van der Waals surface area contributed by atoms with E-state index in [9.17, 15) is 0 Å². The first-order valence-corrected chi connectivity index (χ1v) is 5.17. The number of benzene rings is 1. The van der Waals surface area contributed by atoms with Gasteiger partial charge < -0.3 is 4.57 Å². The van der Waals surface area contributed by atoms with Crippen LogP contribution >= 0.6 is 0 Å². The minimum Gasteiger partial charge on any atom is -0.332 e. The van der Waals surface area contributed by atoms with Crippen LogP contribution in [0.15, 0.2) is 42.9 Å². The Bertz CT molecular complexity index is 435. The third kappa shape index (κ3) is 2.09. The fourth-order valence-corrected chi connectivity index (χ4v) is 1.45. The van der Waals surface area contributed by atoms with Crippen LogP contribution in [0.1, 0.15) is 20.8 Å². The summed E-state index contributed by atoms with van der Waals surface area (Å²) in [5, 5.41) is 0. The van der Waals surface area contributed by atoms with Gasteiger partial charge in [0.2, 0.25) is 0 Å². The molecule has 0 spiro atoms. The van der Waals surface area contributed by atoms with Gasteiger partial charge in [0.15, 0.2) is 0 Å². The van der Waals surface area contributed by atoms with Crippen LogP contribution in [0.5, 0.6) is 0 Å². The van der Waals surface area contributed by atoms with Gasteiger partial charge in [0, 0.05) is 17.3 Å². The van der Waals surface area contributed by atoms with Crippen LogP contribution in [0.2, 0.25) is 0 Å². The molecule has 0 saturated heterocycles. The lowest BCUT2D eigenvalue weighted by Crippen LogP contribution is -2.19. The zero-order valence-corrected chi connectivity index (χ0v) is 9.44. The monoisotopic (exact) mass is 200 g/mol. The van der Waals surface area contributed by atoms with Crippen molar-refractivity contribution in [3.63, 3.8) is 0 Å². The van der Waals surface area contributed by atoms with Gasteiger partial charge in [-0.25, -0.2) is 4.98 Å². The molecule has 15 heavy (non-hydrogen) atoms. The van der Waals surface area contributed by atoms with Crippen LogP contribution in [-0.2, 0) is 5.54 Å². The van der Waals surface area contributed by atoms with E-state index in [0.717, 1.165) is 5.69 Å². The molecular weight excluding hydrogens is 184 g/mol. The molecule has 0 radical (unpaired) electrons. The highest BCUT2D eigenvalue weighted by molar-refractivity contribution is 5.57. The molecule has 0 aliphatic carbocycles. The van der Waals surface area contributed by atoms with Crippen molar-refractivity contribution < 1.29 is 0 Å². The lowest BCUT2D eigenvalue weighted by Gasteiger charge is -2.19. The Labute approximate surface area is 90.6 Å². The van der Waals surface area contributed by atoms with E-state index in [4.69, 9.17) is 0 Å². The highest BCUT2D eigenvalue weighted by Gasteiger charge is 2.13. The number of hydrogen-bond donors (Lipinski definition) is 0. The Balaban J connectivity index is 2.37. The zero-order chi connectivity index (χ0) is 10.9. The molecule has 0 fully saturated rings. The summed E-state index contributed by atoms with van der Waals surface area (Å²) < 4.78 is 2.13. The van der Waals surface area contributed by atoms with E-state index < -0.39 is 0 Å². The third-order valence-corrected chi connectivity index (χ3v) is 2.43. The second-order valence-electron chi connectivity index (χ2n) is 4.70. The Hall–Kier alpha value is -1.57. The van der Waals surface area contributed by atoms with Gasteiger partial charge >= 0.3 is 0 Å². The Morgan fingerprint density at radius 3 is 2.27 bits per heavy atom. The second-order valence-corrected chi connectivity index (χ2v) is 4.70. The van der Waals surface area contributed by atoms with E-state index in [0.29, 0.717) is 0 Å². The highest BCUT2D eigenvalue weighted by Crippen LogP contribution is 2.20. The van der Waals surface area contributed by atoms with E-state index in [1.165, 1.54) is 5.56 Å². The second kappa shape index (κ2) is 3.54. The SMILES string of the molecule is CC(C)(C)n1cnc(-c2ccccc2)c1. The largest absolute Gasteiger partial charge is 0.332 e. The molecule has 1 heterocycles. The minimum atomic E-state index is 0.0973. The summed E-state index contributed by atoms with van der Waals surface area (Å²) in [7, 11) is 0. The Morgan fingerprint density at radius 2 is 1.73 bits per heavy atom. The average molecular weight is 200 g/mol. The van der Waals surface area contributed by atoms with E-state index >= 15 is 0 Å². The molecule has 0 amide bonds. The number of aromatic nitrogens is 2. The lowest BCUT2D eigenvalue weighted by molar-refractivity contribution is 0.396. The maximum absolute atomic E-state index is 4.42. The molecule has 0 aliphatic heterocycles. The summed E-state index contributed by atoms with van der Waals surface area (Å²) in [5.74, 6) is 0. The minimum absolute atomic E-state index is 0.0973. The summed E-state index contributed by atoms with van der Waals surface area (Å²) in [4.78, 5) is 4.42. The summed E-state index contributed by atoms with van der Waals surface area (Å²) in [5.41, 5.74) is 2.30. The van der Waals surface area contributed by atoms with E-state index in [1.807, 2.05) is 24.5 Å². The number of rotatable bonds is 1. The van der Waals surface area contributed by atoms with Crippen LogP contribution in [0.3, 0.4) is 0 Å². The van der Waals surface area contributed by atoms with E-state index in [1.54, 1.807) is 0 Å². The van der Waals surface area contributed by atoms with E-state index in [2.05, 4.69) is 48.7 Å². The molecule has 0 atom stereocenters. The van der Waals surface area contributed by atoms with Gasteiger partial charge in [-0.2, -0.15) is 0 Å². The predicted octanol–water partition coefficient (Wildman–Crippen LogP) is 3.31. The molecule has 0 unspecified atom stereocenters. The summed E-state index contributed by atoms with van der Waals surface area (Å²) in [6.07, 6.45) is 3.98. The van der Waals surface area contributed by atoms with Crippen LogP contribution < -0.4 is 0 Å². The Kier molecular flexibility index (Phi) is 2.35. The smallest absolute Gasteiger partial charge is 0.0958 e. The molecule has 0 aliphatic rings. The molecule has 78 valence electrons. The van der Waals surface area contributed by atoms with Crippen molar-refractivity contribution in [3.05, 3.63) is 42.9 Å². The van der Waals surface area contributed by atoms with Crippen molar-refractivity contribution in [2.24, 2.45) is 0 Å². The highest BCUT2D eigenvalue weighted by atomic mass is 15.1. The van der Waals surface area contributed by atoms with Crippen molar-refractivity contribution in [1.82, 2.24) is 9.55 Å². The summed E-state index contributed by atoms with van der Waals surface area (Å²) >= 11 is 0. The van der Waals surface area contributed by atoms with Gasteiger partial charge in [0.25, 0.3) is 0 Å². The molecule has 0 bridgehead atoms. The summed E-state index contributed by atoms with van der Waals surface area (Å²) in [6, 6.07) is 10.2. The van der Waals surface area contributed by atoms with Crippen LogP contribution in [-0.4, -0.2) is 9.55 Å². The van der Waals surface area contributed by atoms with Gasteiger partial charge in [-0.05, 0) is 20.8 Å². The molecule has 2 rings (SSSR count). The first-order valence-electron chi connectivity index (χ1n) is 5.17. The number of nitrogens with zero attached hydrogens (tertiary/aromatic N) is 2. The number of hydrogen-bond acceptors (Lipinski definition) is 1. The Morgan fingerprint density at radius 1 is 1.07 bits per heavy atom. The zero-order valence-electron chi connectivity index (χ0n) is 9.44. The molecule has 1 aromatic heterocycles. The van der Waals surface area contributed by atoms with Gasteiger partial charge in [-0.15, -0.1) is 0 Å². The van der Waals surface area contributed by atoms with Crippen molar-refractivity contribution >= 4 is 0 Å². The summed E-state index contributed by atoms with van der Waals surface area (Å²) in [6.45, 7) is 6.51. The fraction of sp³-hybridized carbons (Fsp3) is 0.308. The van der Waals surface area contributed by atoms with Crippen LogP contribution in [0, 0.1) is 0 Å². The van der Waals surface area contributed by atoms with Crippen molar-refractivity contribution in [2.45, 2.75) is 26.3 Å². The van der Waals surface area contributed by atoms with E-state index in [-0.39, 0.29) is 5.54 Å². The number of imidazole rings is 1. The topological polar surface area (TPSA) is 17.8 Å². The van der Waals surface area contributed by atoms with Gasteiger partial charge in [0.05, 0.1) is 12.0 Å². The maximum atomic E-state index is 4.42. The van der Waals surface area contributed by atoms with Gasteiger partial charge in [0.1, 0.15) is 0 Å². The fourth-order valence-electron chi connectivity index (χ4n) is 1.45. The van der Waals surface area contributed by atoms with Gasteiger partial charge in [-0.3, -0.25) is 0 Å². The van der Waals surface area contributed by atoms with Crippen molar-refractivity contribution in [2.75, 3.05) is 0 Å². The van der Waals surface area contributed by atoms with Crippen LogP contribution in [0.25, 0.3) is 11.3 Å². The maximum Gasteiger partial charge on any atom is 0.0958 e. The molecule has 0 saturated carbocycles. The molecule has 2 nitrogen and oxygen atoms in total. The third-order valence-electron chi connectivity index (χ3n) is 2.43. The van der Waals surface area contributed by atoms with Crippen LogP contribution in [0.4, 0.5) is 0 Å².